The highest BCUT2D eigenvalue weighted by Crippen LogP contribution is 2.23. The molecule has 0 aromatic carbocycles. The van der Waals surface area contributed by atoms with E-state index in [1.807, 2.05) is 6.08 Å². The number of hydrogen-bond donors (Lipinski definition) is 6. The standard InChI is InChI=1S/C61H119NO8/c1-3-5-7-9-11-13-15-17-19-21-23-24-25-26-27-28-29-30-31-33-34-36-38-40-42-44-46-48-50-55(64)54(53-69-61-60(68)59(67)58(66)56(52-63)70-61)62-57(65)51-49-47-45-43-41-39-37-35-32-22-20-18-16-14-12-10-8-6-4-2/h48,50,54-56,58-61,63-64,66-68H,3-47,49,51-53H2,1-2H3,(H,62,65)/b50-48+. The molecule has 0 bridgehead atoms. The van der Waals surface area contributed by atoms with Gasteiger partial charge in [-0.15, -0.1) is 0 Å². The molecule has 0 radical (unpaired) electrons. The fourth-order valence-electron chi connectivity index (χ4n) is 10.2. The van der Waals surface area contributed by atoms with Crippen LogP contribution in [-0.2, 0) is 14.3 Å². The number of carbonyl (C=O) groups excluding carboxylic acids is 1. The molecule has 0 aromatic heterocycles. The van der Waals surface area contributed by atoms with E-state index in [0.29, 0.717) is 6.42 Å². The van der Waals surface area contributed by atoms with E-state index in [1.165, 1.54) is 257 Å². The van der Waals surface area contributed by atoms with Crippen LogP contribution < -0.4 is 5.32 Å². The molecule has 7 unspecified atom stereocenters. The zero-order valence-electron chi connectivity index (χ0n) is 46.3. The first-order valence-corrected chi connectivity index (χ1v) is 30.9. The second-order valence-electron chi connectivity index (χ2n) is 21.9. The molecule has 1 fully saturated rings. The summed E-state index contributed by atoms with van der Waals surface area (Å²) in [4.78, 5) is 13.1. The highest BCUT2D eigenvalue weighted by atomic mass is 16.7. The summed E-state index contributed by atoms with van der Waals surface area (Å²) in [5.41, 5.74) is 0. The minimum absolute atomic E-state index is 0.169. The highest BCUT2D eigenvalue weighted by molar-refractivity contribution is 5.76. The van der Waals surface area contributed by atoms with Gasteiger partial charge >= 0.3 is 0 Å². The van der Waals surface area contributed by atoms with Gasteiger partial charge in [0.05, 0.1) is 25.4 Å². The number of hydrogen-bond acceptors (Lipinski definition) is 8. The SMILES string of the molecule is CCCCCCCCCCCCCCCCCCCCCCCCCCCC/C=C/C(O)C(COC1OC(CO)C(O)C(O)C1O)NC(=O)CCCCCCCCCCCCCCCCCCCCC. The summed E-state index contributed by atoms with van der Waals surface area (Å²) in [6, 6.07) is -0.801. The molecule has 416 valence electrons. The van der Waals surface area contributed by atoms with Crippen LogP contribution in [0.4, 0.5) is 0 Å². The lowest BCUT2D eigenvalue weighted by Crippen LogP contribution is -2.60. The van der Waals surface area contributed by atoms with Gasteiger partial charge < -0.3 is 40.3 Å². The van der Waals surface area contributed by atoms with Crippen molar-refractivity contribution in [1.29, 1.82) is 0 Å². The number of unbranched alkanes of at least 4 members (excludes halogenated alkanes) is 44. The van der Waals surface area contributed by atoms with Crippen LogP contribution >= 0.6 is 0 Å². The van der Waals surface area contributed by atoms with Crippen LogP contribution in [0.2, 0.25) is 0 Å². The number of aliphatic hydroxyl groups excluding tert-OH is 5. The molecule has 1 saturated heterocycles. The zero-order valence-corrected chi connectivity index (χ0v) is 46.3. The molecule has 0 aromatic rings. The van der Waals surface area contributed by atoms with Gasteiger partial charge in [-0.3, -0.25) is 4.79 Å². The molecule has 0 spiro atoms. The van der Waals surface area contributed by atoms with Crippen molar-refractivity contribution in [3.05, 3.63) is 12.2 Å². The number of ether oxygens (including phenoxy) is 2. The van der Waals surface area contributed by atoms with Crippen LogP contribution in [0, 0.1) is 0 Å². The number of allylic oxidation sites excluding steroid dienone is 1. The predicted molar refractivity (Wildman–Crippen MR) is 295 cm³/mol. The minimum atomic E-state index is -1.56. The van der Waals surface area contributed by atoms with Gasteiger partial charge in [0.15, 0.2) is 6.29 Å². The number of rotatable bonds is 54. The Balaban J connectivity index is 2.17. The second kappa shape index (κ2) is 51.4. The summed E-state index contributed by atoms with van der Waals surface area (Å²) in [5.74, 6) is -0.169. The van der Waals surface area contributed by atoms with E-state index in [4.69, 9.17) is 9.47 Å². The molecule has 6 N–H and O–H groups in total. The van der Waals surface area contributed by atoms with Crippen LogP contribution in [0.3, 0.4) is 0 Å². The fraction of sp³-hybridized carbons (Fsp3) is 0.951. The number of nitrogens with one attached hydrogen (secondary N) is 1. The summed E-state index contributed by atoms with van der Waals surface area (Å²) in [6.45, 7) is 3.83. The smallest absolute Gasteiger partial charge is 0.220 e. The Labute approximate surface area is 433 Å². The topological polar surface area (TPSA) is 149 Å². The molecule has 1 rings (SSSR count). The van der Waals surface area contributed by atoms with Gasteiger partial charge in [-0.25, -0.2) is 0 Å². The van der Waals surface area contributed by atoms with Crippen molar-refractivity contribution in [2.45, 2.75) is 358 Å². The third-order valence-corrected chi connectivity index (χ3v) is 15.1. The minimum Gasteiger partial charge on any atom is -0.394 e. The maximum atomic E-state index is 13.1. The average Bonchev–Trinajstić information content (AvgIpc) is 3.36. The average molecular weight is 995 g/mol. The van der Waals surface area contributed by atoms with Crippen LogP contribution in [-0.4, -0.2) is 87.5 Å². The molecule has 9 heteroatoms. The normalized spacial score (nSPS) is 19.3. The number of carbonyl (C=O) groups is 1. The van der Waals surface area contributed by atoms with E-state index in [0.717, 1.165) is 38.5 Å². The zero-order chi connectivity index (χ0) is 50.8. The number of amides is 1. The van der Waals surface area contributed by atoms with Gasteiger partial charge in [0.2, 0.25) is 5.91 Å². The van der Waals surface area contributed by atoms with Gasteiger partial charge in [0, 0.05) is 6.42 Å². The van der Waals surface area contributed by atoms with Gasteiger partial charge in [0.25, 0.3) is 0 Å². The Morgan fingerprint density at radius 1 is 0.471 bits per heavy atom. The molecule has 1 amide bonds. The maximum absolute atomic E-state index is 13.1. The van der Waals surface area contributed by atoms with Gasteiger partial charge in [-0.05, 0) is 19.3 Å². The molecular formula is C61H119NO8. The lowest BCUT2D eigenvalue weighted by molar-refractivity contribution is -0.302. The van der Waals surface area contributed by atoms with E-state index < -0.39 is 49.5 Å². The third-order valence-electron chi connectivity index (χ3n) is 15.1. The largest absolute Gasteiger partial charge is 0.394 e. The summed E-state index contributed by atoms with van der Waals surface area (Å²) >= 11 is 0. The van der Waals surface area contributed by atoms with Crippen LogP contribution in [0.15, 0.2) is 12.2 Å². The summed E-state index contributed by atoms with van der Waals surface area (Å²) in [6.07, 6.45) is 57.2. The Kier molecular flexibility index (Phi) is 49.2. The van der Waals surface area contributed by atoms with E-state index in [2.05, 4.69) is 19.2 Å². The molecule has 1 aliphatic rings. The van der Waals surface area contributed by atoms with E-state index in [9.17, 15) is 30.3 Å². The molecule has 7 atom stereocenters. The predicted octanol–water partition coefficient (Wildman–Crippen LogP) is 15.6. The molecule has 0 saturated carbocycles. The van der Waals surface area contributed by atoms with Gasteiger partial charge in [-0.1, -0.05) is 302 Å². The molecule has 0 aliphatic carbocycles. The van der Waals surface area contributed by atoms with Crippen LogP contribution in [0.25, 0.3) is 0 Å². The Bertz CT molecular complexity index is 1110. The van der Waals surface area contributed by atoms with Gasteiger partial charge in [0.1, 0.15) is 24.4 Å². The Morgan fingerprint density at radius 2 is 0.786 bits per heavy atom. The van der Waals surface area contributed by atoms with Crippen molar-refractivity contribution in [3.63, 3.8) is 0 Å². The van der Waals surface area contributed by atoms with E-state index >= 15 is 0 Å². The molecule has 1 aliphatic heterocycles. The van der Waals surface area contributed by atoms with E-state index in [1.54, 1.807) is 6.08 Å². The van der Waals surface area contributed by atoms with Crippen LogP contribution in [0.5, 0.6) is 0 Å². The van der Waals surface area contributed by atoms with Gasteiger partial charge in [-0.2, -0.15) is 0 Å². The van der Waals surface area contributed by atoms with Crippen molar-refractivity contribution in [3.8, 4) is 0 Å². The van der Waals surface area contributed by atoms with Crippen molar-refractivity contribution >= 4 is 5.91 Å². The first kappa shape index (κ1) is 66.9. The second-order valence-corrected chi connectivity index (χ2v) is 21.9. The lowest BCUT2D eigenvalue weighted by Gasteiger charge is -2.40. The number of aliphatic hydroxyl groups is 5. The molecule has 1 heterocycles. The highest BCUT2D eigenvalue weighted by Gasteiger charge is 2.44. The van der Waals surface area contributed by atoms with Crippen molar-refractivity contribution in [1.82, 2.24) is 5.32 Å². The summed E-state index contributed by atoms with van der Waals surface area (Å²) < 4.78 is 11.3. The molecular weight excluding hydrogens is 875 g/mol. The third kappa shape index (κ3) is 40.3. The van der Waals surface area contributed by atoms with Crippen LogP contribution in [0.1, 0.15) is 316 Å². The summed E-state index contributed by atoms with van der Waals surface area (Å²) in [7, 11) is 0. The molecule has 9 nitrogen and oxygen atoms in total. The Hall–Kier alpha value is -1.07. The fourth-order valence-corrected chi connectivity index (χ4v) is 10.2. The van der Waals surface area contributed by atoms with E-state index in [-0.39, 0.29) is 12.5 Å². The maximum Gasteiger partial charge on any atom is 0.220 e. The molecule has 70 heavy (non-hydrogen) atoms. The van der Waals surface area contributed by atoms with Crippen molar-refractivity contribution in [2.24, 2.45) is 0 Å². The quantitative estimate of drug-likeness (QED) is 0.0261. The lowest BCUT2D eigenvalue weighted by atomic mass is 9.99. The monoisotopic (exact) mass is 994 g/mol. The first-order valence-electron chi connectivity index (χ1n) is 30.9. The van der Waals surface area contributed by atoms with Crippen molar-refractivity contribution in [2.75, 3.05) is 13.2 Å². The summed E-state index contributed by atoms with van der Waals surface area (Å²) in [5, 5.41) is 54.6. The first-order chi connectivity index (χ1) is 34.3. The Morgan fingerprint density at radius 3 is 1.11 bits per heavy atom. The van der Waals surface area contributed by atoms with Crippen molar-refractivity contribution < 1.29 is 39.8 Å².